The predicted molar refractivity (Wildman–Crippen MR) is 65.8 cm³/mol. The Labute approximate surface area is 102 Å². The standard InChI is InChI=1S/C13H19NO3/c1-13(2,14)10-12(15)17-9-8-16-11-6-4-3-5-7-11/h3-7H,8-10,14H2,1-2H3. The van der Waals surface area contributed by atoms with Gasteiger partial charge in [-0.1, -0.05) is 18.2 Å². The maximum Gasteiger partial charge on any atom is 0.307 e. The van der Waals surface area contributed by atoms with Crippen molar-refractivity contribution in [3.8, 4) is 5.75 Å². The molecule has 4 nitrogen and oxygen atoms in total. The number of para-hydroxylation sites is 1. The molecule has 0 aromatic heterocycles. The molecule has 0 saturated heterocycles. The van der Waals surface area contributed by atoms with Crippen LogP contribution in [0.2, 0.25) is 0 Å². The normalized spacial score (nSPS) is 11.0. The van der Waals surface area contributed by atoms with E-state index >= 15 is 0 Å². The summed E-state index contributed by atoms with van der Waals surface area (Å²) in [6.45, 7) is 4.16. The molecule has 0 bridgehead atoms. The van der Waals surface area contributed by atoms with Crippen LogP contribution in [0.1, 0.15) is 20.3 Å². The van der Waals surface area contributed by atoms with E-state index in [4.69, 9.17) is 15.2 Å². The quantitative estimate of drug-likeness (QED) is 0.604. The minimum atomic E-state index is -0.530. The Morgan fingerprint density at radius 3 is 2.47 bits per heavy atom. The highest BCUT2D eigenvalue weighted by Crippen LogP contribution is 2.08. The van der Waals surface area contributed by atoms with E-state index in [1.165, 1.54) is 0 Å². The highest BCUT2D eigenvalue weighted by molar-refractivity contribution is 5.70. The zero-order valence-corrected chi connectivity index (χ0v) is 10.3. The minimum Gasteiger partial charge on any atom is -0.490 e. The number of ether oxygens (including phenoxy) is 2. The maximum atomic E-state index is 11.3. The first-order chi connectivity index (χ1) is 7.97. The third-order valence-corrected chi connectivity index (χ3v) is 1.96. The molecule has 0 fully saturated rings. The molecule has 0 heterocycles. The van der Waals surface area contributed by atoms with Crippen LogP contribution in [0.15, 0.2) is 30.3 Å². The molecule has 0 radical (unpaired) electrons. The van der Waals surface area contributed by atoms with Crippen LogP contribution in [-0.2, 0) is 9.53 Å². The van der Waals surface area contributed by atoms with Crippen molar-refractivity contribution in [2.24, 2.45) is 5.73 Å². The van der Waals surface area contributed by atoms with Crippen LogP contribution in [0, 0.1) is 0 Å². The highest BCUT2D eigenvalue weighted by Gasteiger charge is 2.17. The molecule has 0 aliphatic carbocycles. The van der Waals surface area contributed by atoms with E-state index in [1.54, 1.807) is 13.8 Å². The van der Waals surface area contributed by atoms with Gasteiger partial charge in [0.25, 0.3) is 0 Å². The summed E-state index contributed by atoms with van der Waals surface area (Å²) in [5.74, 6) is 0.469. The molecule has 2 N–H and O–H groups in total. The summed E-state index contributed by atoms with van der Waals surface area (Å²) in [5.41, 5.74) is 5.17. The Bertz CT molecular complexity index is 343. The third kappa shape index (κ3) is 6.58. The summed E-state index contributed by atoms with van der Waals surface area (Å²) >= 11 is 0. The van der Waals surface area contributed by atoms with Gasteiger partial charge in [-0.25, -0.2) is 0 Å². The lowest BCUT2D eigenvalue weighted by Crippen LogP contribution is -2.35. The zero-order valence-electron chi connectivity index (χ0n) is 10.3. The number of rotatable bonds is 6. The van der Waals surface area contributed by atoms with Crippen molar-refractivity contribution in [3.05, 3.63) is 30.3 Å². The van der Waals surface area contributed by atoms with Crippen molar-refractivity contribution in [3.63, 3.8) is 0 Å². The van der Waals surface area contributed by atoms with Gasteiger partial charge in [0.15, 0.2) is 0 Å². The molecule has 1 aromatic carbocycles. The molecule has 94 valence electrons. The van der Waals surface area contributed by atoms with Gasteiger partial charge < -0.3 is 15.2 Å². The summed E-state index contributed by atoms with van der Waals surface area (Å²) in [5, 5.41) is 0. The van der Waals surface area contributed by atoms with Crippen molar-refractivity contribution in [2.45, 2.75) is 25.8 Å². The summed E-state index contributed by atoms with van der Waals surface area (Å²) in [6.07, 6.45) is 0.207. The minimum absolute atomic E-state index is 0.207. The Kier molecular flexibility index (Phi) is 4.97. The fraction of sp³-hybridized carbons (Fsp3) is 0.462. The second-order valence-corrected chi connectivity index (χ2v) is 4.55. The number of hydrogen-bond acceptors (Lipinski definition) is 4. The number of carbonyl (C=O) groups excluding carboxylic acids is 1. The van der Waals surface area contributed by atoms with E-state index in [-0.39, 0.29) is 19.0 Å². The van der Waals surface area contributed by atoms with Crippen molar-refractivity contribution in [1.29, 1.82) is 0 Å². The van der Waals surface area contributed by atoms with Crippen molar-refractivity contribution in [1.82, 2.24) is 0 Å². The highest BCUT2D eigenvalue weighted by atomic mass is 16.6. The fourth-order valence-electron chi connectivity index (χ4n) is 1.25. The Balaban J connectivity index is 2.14. The van der Waals surface area contributed by atoms with E-state index in [2.05, 4.69) is 0 Å². The first-order valence-electron chi connectivity index (χ1n) is 5.60. The number of hydrogen-bond donors (Lipinski definition) is 1. The first kappa shape index (κ1) is 13.5. The average Bonchev–Trinajstić information content (AvgIpc) is 2.23. The SMILES string of the molecule is CC(C)(N)CC(=O)OCCOc1ccccc1. The van der Waals surface area contributed by atoms with Crippen LogP contribution in [0.4, 0.5) is 0 Å². The average molecular weight is 237 g/mol. The maximum absolute atomic E-state index is 11.3. The molecule has 1 rings (SSSR count). The molecule has 0 atom stereocenters. The zero-order chi connectivity index (χ0) is 12.7. The van der Waals surface area contributed by atoms with Gasteiger partial charge in [-0.15, -0.1) is 0 Å². The fourth-order valence-corrected chi connectivity index (χ4v) is 1.25. The van der Waals surface area contributed by atoms with Gasteiger partial charge >= 0.3 is 5.97 Å². The molecule has 0 unspecified atom stereocenters. The van der Waals surface area contributed by atoms with Crippen LogP contribution in [0.3, 0.4) is 0 Å². The Hall–Kier alpha value is -1.55. The van der Waals surface area contributed by atoms with Crippen LogP contribution in [0.5, 0.6) is 5.75 Å². The Morgan fingerprint density at radius 1 is 1.24 bits per heavy atom. The number of benzene rings is 1. The lowest BCUT2D eigenvalue weighted by Gasteiger charge is -2.16. The van der Waals surface area contributed by atoms with E-state index in [0.717, 1.165) is 5.75 Å². The van der Waals surface area contributed by atoms with E-state index in [9.17, 15) is 4.79 Å². The van der Waals surface area contributed by atoms with Gasteiger partial charge in [-0.2, -0.15) is 0 Å². The van der Waals surface area contributed by atoms with Crippen LogP contribution in [0.25, 0.3) is 0 Å². The van der Waals surface area contributed by atoms with Gasteiger partial charge in [0.05, 0.1) is 6.42 Å². The smallest absolute Gasteiger partial charge is 0.307 e. The summed E-state index contributed by atoms with van der Waals surface area (Å²) in [7, 11) is 0. The van der Waals surface area contributed by atoms with Gasteiger partial charge in [-0.05, 0) is 26.0 Å². The van der Waals surface area contributed by atoms with Crippen molar-refractivity contribution >= 4 is 5.97 Å². The largest absolute Gasteiger partial charge is 0.490 e. The van der Waals surface area contributed by atoms with E-state index in [0.29, 0.717) is 6.61 Å². The van der Waals surface area contributed by atoms with Gasteiger partial charge in [0.1, 0.15) is 19.0 Å². The summed E-state index contributed by atoms with van der Waals surface area (Å²) < 4.78 is 10.4. The molecular weight excluding hydrogens is 218 g/mol. The van der Waals surface area contributed by atoms with E-state index < -0.39 is 5.54 Å². The molecule has 4 heteroatoms. The molecule has 0 amide bonds. The van der Waals surface area contributed by atoms with Crippen LogP contribution in [-0.4, -0.2) is 24.7 Å². The molecule has 0 aliphatic heterocycles. The van der Waals surface area contributed by atoms with Crippen LogP contribution >= 0.6 is 0 Å². The second-order valence-electron chi connectivity index (χ2n) is 4.55. The summed E-state index contributed by atoms with van der Waals surface area (Å²) in [4.78, 5) is 11.3. The lowest BCUT2D eigenvalue weighted by atomic mass is 10.0. The van der Waals surface area contributed by atoms with Gasteiger partial charge in [0, 0.05) is 5.54 Å². The third-order valence-electron chi connectivity index (χ3n) is 1.96. The van der Waals surface area contributed by atoms with Crippen molar-refractivity contribution in [2.75, 3.05) is 13.2 Å². The number of esters is 1. The molecule has 0 saturated carbocycles. The second kappa shape index (κ2) is 6.25. The molecule has 0 spiro atoms. The predicted octanol–water partition coefficient (Wildman–Crippen LogP) is 1.74. The van der Waals surface area contributed by atoms with E-state index in [1.807, 2.05) is 30.3 Å². The van der Waals surface area contributed by atoms with Crippen LogP contribution < -0.4 is 10.5 Å². The number of carbonyl (C=O) groups is 1. The molecule has 0 aliphatic rings. The van der Waals surface area contributed by atoms with Gasteiger partial charge in [-0.3, -0.25) is 4.79 Å². The van der Waals surface area contributed by atoms with Gasteiger partial charge in [0.2, 0.25) is 0 Å². The lowest BCUT2D eigenvalue weighted by molar-refractivity contribution is -0.145. The first-order valence-corrected chi connectivity index (χ1v) is 5.60. The Morgan fingerprint density at radius 2 is 1.88 bits per heavy atom. The van der Waals surface area contributed by atoms with Crippen molar-refractivity contribution < 1.29 is 14.3 Å². The molecule has 17 heavy (non-hydrogen) atoms. The topological polar surface area (TPSA) is 61.6 Å². The molecular formula is C13H19NO3. The summed E-state index contributed by atoms with van der Waals surface area (Å²) in [6, 6.07) is 9.39. The number of nitrogens with two attached hydrogens (primary N) is 1. The molecule has 1 aromatic rings. The monoisotopic (exact) mass is 237 g/mol.